The number of nitrogens with zero attached hydrogens (tertiary/aromatic N) is 3. The lowest BCUT2D eigenvalue weighted by Crippen LogP contribution is -2.25. The zero-order valence-electron chi connectivity index (χ0n) is 13.2. The Hall–Kier alpha value is -3.22. The minimum atomic E-state index is -0.821. The average molecular weight is 325 g/mol. The number of hydrazone groups is 1. The zero-order chi connectivity index (χ0) is 17.3. The van der Waals surface area contributed by atoms with E-state index in [0.717, 1.165) is 11.1 Å². The fourth-order valence-electron chi connectivity index (χ4n) is 2.39. The summed E-state index contributed by atoms with van der Waals surface area (Å²) >= 11 is 0. The van der Waals surface area contributed by atoms with Gasteiger partial charge in [0.25, 0.3) is 5.69 Å². The van der Waals surface area contributed by atoms with Gasteiger partial charge in [-0.05, 0) is 19.1 Å². The molecule has 0 saturated carbocycles. The Balaban J connectivity index is 1.95. The first kappa shape index (κ1) is 15.7. The van der Waals surface area contributed by atoms with Crippen LogP contribution in [-0.2, 0) is 9.53 Å². The molecular formula is C17H15N3O4. The van der Waals surface area contributed by atoms with Gasteiger partial charge in [-0.2, -0.15) is 5.01 Å². The van der Waals surface area contributed by atoms with E-state index in [-0.39, 0.29) is 11.6 Å². The van der Waals surface area contributed by atoms with Gasteiger partial charge in [0.2, 0.25) is 18.0 Å². The maximum atomic E-state index is 11.9. The molecular weight excluding hydrogens is 310 g/mol. The molecule has 7 heteroatoms. The molecule has 1 atom stereocenters. The van der Waals surface area contributed by atoms with E-state index in [1.165, 1.54) is 24.1 Å². The summed E-state index contributed by atoms with van der Waals surface area (Å²) in [4.78, 5) is 22.4. The van der Waals surface area contributed by atoms with Crippen molar-refractivity contribution < 1.29 is 14.5 Å². The second-order valence-electron chi connectivity index (χ2n) is 5.46. The number of amides is 1. The first-order valence-corrected chi connectivity index (χ1v) is 7.32. The van der Waals surface area contributed by atoms with Gasteiger partial charge in [0.05, 0.1) is 4.92 Å². The van der Waals surface area contributed by atoms with Crippen LogP contribution in [0.15, 0.2) is 53.6 Å². The third-order valence-electron chi connectivity index (χ3n) is 3.63. The molecule has 1 aliphatic rings. The average Bonchev–Trinajstić information content (AvgIpc) is 3.01. The maximum Gasteiger partial charge on any atom is 0.269 e. The van der Waals surface area contributed by atoms with Crippen LogP contribution in [0.3, 0.4) is 0 Å². The fourth-order valence-corrected chi connectivity index (χ4v) is 2.39. The normalized spacial score (nSPS) is 16.5. The molecule has 0 fully saturated rings. The summed E-state index contributed by atoms with van der Waals surface area (Å²) < 4.78 is 5.81. The predicted molar refractivity (Wildman–Crippen MR) is 87.2 cm³/mol. The molecule has 0 N–H and O–H groups in total. The summed E-state index contributed by atoms with van der Waals surface area (Å²) in [7, 11) is 0. The van der Waals surface area contributed by atoms with E-state index in [1.807, 2.05) is 31.2 Å². The standard InChI is InChI=1S/C17H15N3O4/c1-11-6-8-13(9-7-11)16-18-19(12(2)21)17(24-16)14-4-3-5-15(10-14)20(22)23/h3-10,17H,1-2H3/t17-/m1/s1. The summed E-state index contributed by atoms with van der Waals surface area (Å²) in [6.07, 6.45) is -0.821. The molecule has 0 aromatic heterocycles. The molecule has 0 saturated heterocycles. The predicted octanol–water partition coefficient (Wildman–Crippen LogP) is 3.14. The Morgan fingerprint density at radius 2 is 1.96 bits per heavy atom. The van der Waals surface area contributed by atoms with E-state index in [4.69, 9.17) is 4.74 Å². The quantitative estimate of drug-likeness (QED) is 0.641. The minimum Gasteiger partial charge on any atom is -0.446 e. The first-order chi connectivity index (χ1) is 11.5. The lowest BCUT2D eigenvalue weighted by molar-refractivity contribution is -0.385. The molecule has 7 nitrogen and oxygen atoms in total. The molecule has 1 heterocycles. The summed E-state index contributed by atoms with van der Waals surface area (Å²) in [6, 6.07) is 13.5. The Labute approximate surface area is 138 Å². The summed E-state index contributed by atoms with van der Waals surface area (Å²) in [5.74, 6) is -0.00433. The van der Waals surface area contributed by atoms with Gasteiger partial charge < -0.3 is 4.74 Å². The Morgan fingerprint density at radius 3 is 2.58 bits per heavy atom. The molecule has 0 unspecified atom stereocenters. The largest absolute Gasteiger partial charge is 0.446 e. The Kier molecular flexibility index (Phi) is 3.99. The number of benzene rings is 2. The molecule has 2 aromatic rings. The number of carbonyl (C=O) groups excluding carboxylic acids is 1. The number of nitro benzene ring substituents is 1. The fraction of sp³-hybridized carbons (Fsp3) is 0.176. The van der Waals surface area contributed by atoms with Gasteiger partial charge in [0.15, 0.2) is 0 Å². The van der Waals surface area contributed by atoms with E-state index in [1.54, 1.807) is 12.1 Å². The van der Waals surface area contributed by atoms with E-state index in [0.29, 0.717) is 11.5 Å². The summed E-state index contributed by atoms with van der Waals surface area (Å²) in [5, 5.41) is 16.4. The van der Waals surface area contributed by atoms with Crippen LogP contribution >= 0.6 is 0 Å². The second kappa shape index (κ2) is 6.11. The highest BCUT2D eigenvalue weighted by Gasteiger charge is 2.33. The maximum absolute atomic E-state index is 11.9. The molecule has 122 valence electrons. The summed E-state index contributed by atoms with van der Waals surface area (Å²) in [5.41, 5.74) is 2.25. The third kappa shape index (κ3) is 2.96. The van der Waals surface area contributed by atoms with Crippen molar-refractivity contribution >= 4 is 17.5 Å². The number of ether oxygens (including phenoxy) is 1. The SMILES string of the molecule is CC(=O)N1N=C(c2ccc(C)cc2)O[C@@H]1c1cccc([N+](=O)[O-])c1. The van der Waals surface area contributed by atoms with Crippen LogP contribution in [0.1, 0.15) is 29.8 Å². The third-order valence-corrected chi connectivity index (χ3v) is 3.63. The van der Waals surface area contributed by atoms with Gasteiger partial charge >= 0.3 is 0 Å². The van der Waals surface area contributed by atoms with Crippen LogP contribution in [-0.4, -0.2) is 21.7 Å². The molecule has 2 aromatic carbocycles. The topological polar surface area (TPSA) is 85.0 Å². The van der Waals surface area contributed by atoms with Gasteiger partial charge in [-0.3, -0.25) is 14.9 Å². The van der Waals surface area contributed by atoms with Crippen molar-refractivity contribution in [2.45, 2.75) is 20.1 Å². The molecule has 1 aliphatic heterocycles. The van der Waals surface area contributed by atoms with Crippen LogP contribution < -0.4 is 0 Å². The number of aryl methyl sites for hydroxylation is 1. The lowest BCUT2D eigenvalue weighted by atomic mass is 10.1. The number of hydrogen-bond donors (Lipinski definition) is 0. The van der Waals surface area contributed by atoms with Crippen molar-refractivity contribution in [3.05, 3.63) is 75.3 Å². The van der Waals surface area contributed by atoms with Crippen molar-refractivity contribution in [3.8, 4) is 0 Å². The number of non-ortho nitro benzene ring substituents is 1. The van der Waals surface area contributed by atoms with Gasteiger partial charge in [0.1, 0.15) is 0 Å². The van der Waals surface area contributed by atoms with Crippen LogP contribution in [0, 0.1) is 17.0 Å². The first-order valence-electron chi connectivity index (χ1n) is 7.32. The van der Waals surface area contributed by atoms with E-state index >= 15 is 0 Å². The smallest absolute Gasteiger partial charge is 0.269 e. The second-order valence-corrected chi connectivity index (χ2v) is 5.46. The van der Waals surface area contributed by atoms with Crippen molar-refractivity contribution in [3.63, 3.8) is 0 Å². The van der Waals surface area contributed by atoms with Crippen LogP contribution in [0.25, 0.3) is 0 Å². The highest BCUT2D eigenvalue weighted by molar-refractivity contribution is 5.96. The van der Waals surface area contributed by atoms with Gasteiger partial charge in [-0.15, -0.1) is 5.10 Å². The van der Waals surface area contributed by atoms with Gasteiger partial charge in [0, 0.05) is 30.2 Å². The van der Waals surface area contributed by atoms with E-state index < -0.39 is 11.2 Å². The van der Waals surface area contributed by atoms with Gasteiger partial charge in [-0.1, -0.05) is 29.8 Å². The Bertz CT molecular complexity index is 830. The number of nitro groups is 1. The molecule has 0 bridgehead atoms. The molecule has 0 aliphatic carbocycles. The van der Waals surface area contributed by atoms with Crippen LogP contribution in [0.4, 0.5) is 5.69 Å². The minimum absolute atomic E-state index is 0.0663. The van der Waals surface area contributed by atoms with Crippen LogP contribution in [0.5, 0.6) is 0 Å². The number of rotatable bonds is 3. The van der Waals surface area contributed by atoms with Crippen molar-refractivity contribution in [1.82, 2.24) is 5.01 Å². The van der Waals surface area contributed by atoms with Crippen LogP contribution in [0.2, 0.25) is 0 Å². The van der Waals surface area contributed by atoms with Crippen molar-refractivity contribution in [1.29, 1.82) is 0 Å². The lowest BCUT2D eigenvalue weighted by Gasteiger charge is -2.19. The molecule has 3 rings (SSSR count). The highest BCUT2D eigenvalue weighted by atomic mass is 16.6. The molecule has 1 amide bonds. The number of carbonyl (C=O) groups is 1. The van der Waals surface area contributed by atoms with E-state index in [9.17, 15) is 14.9 Å². The Morgan fingerprint density at radius 1 is 1.25 bits per heavy atom. The van der Waals surface area contributed by atoms with E-state index in [2.05, 4.69) is 5.10 Å². The highest BCUT2D eigenvalue weighted by Crippen LogP contribution is 2.31. The molecule has 0 radical (unpaired) electrons. The van der Waals surface area contributed by atoms with Crippen molar-refractivity contribution in [2.24, 2.45) is 5.10 Å². The van der Waals surface area contributed by atoms with Gasteiger partial charge in [-0.25, -0.2) is 0 Å². The zero-order valence-corrected chi connectivity index (χ0v) is 13.2. The monoisotopic (exact) mass is 325 g/mol. The summed E-state index contributed by atoms with van der Waals surface area (Å²) in [6.45, 7) is 3.34. The molecule has 0 spiro atoms. The van der Waals surface area contributed by atoms with Crippen molar-refractivity contribution in [2.75, 3.05) is 0 Å². The number of hydrogen-bond acceptors (Lipinski definition) is 5. The molecule has 24 heavy (non-hydrogen) atoms.